The van der Waals surface area contributed by atoms with Crippen molar-refractivity contribution in [2.24, 2.45) is 5.92 Å². The first kappa shape index (κ1) is 12.2. The monoisotopic (exact) mass is 235 g/mol. The van der Waals surface area contributed by atoms with Crippen LogP contribution in [0.5, 0.6) is 0 Å². The molecule has 2 nitrogen and oxygen atoms in total. The van der Waals surface area contributed by atoms with Crippen molar-refractivity contribution in [2.75, 3.05) is 33.1 Å². The van der Waals surface area contributed by atoms with Crippen molar-refractivity contribution in [3.8, 4) is 0 Å². The lowest BCUT2D eigenvalue weighted by atomic mass is 9.82. The van der Waals surface area contributed by atoms with Crippen molar-refractivity contribution in [3.05, 3.63) is 0 Å². The molecular formula is C10H19BF3N2-. The van der Waals surface area contributed by atoms with Gasteiger partial charge in [0.25, 0.3) is 0 Å². The number of nitrogens with zero attached hydrogens (tertiary/aromatic N) is 2. The Morgan fingerprint density at radius 3 is 2.62 bits per heavy atom. The highest BCUT2D eigenvalue weighted by atomic mass is 19.4. The van der Waals surface area contributed by atoms with Gasteiger partial charge in [-0.2, -0.15) is 0 Å². The molecule has 2 aliphatic rings. The zero-order valence-electron chi connectivity index (χ0n) is 9.71. The Kier molecular flexibility index (Phi) is 3.49. The summed E-state index contributed by atoms with van der Waals surface area (Å²) in [4.78, 5) is 3.92. The van der Waals surface area contributed by atoms with Gasteiger partial charge in [-0.3, -0.25) is 0 Å². The van der Waals surface area contributed by atoms with Crippen molar-refractivity contribution in [1.29, 1.82) is 0 Å². The second kappa shape index (κ2) is 4.57. The molecule has 16 heavy (non-hydrogen) atoms. The standard InChI is InChI=1S/C10H19BF3N2/c1-15-5-2-3-9-7-16(6-4-10(9)15)8-11(12,13)14/h9-10H,2-8H2,1H3/q-1. The maximum absolute atomic E-state index is 12.4. The third-order valence-electron chi connectivity index (χ3n) is 3.90. The minimum Gasteiger partial charge on any atom is -0.448 e. The minimum atomic E-state index is -4.66. The van der Waals surface area contributed by atoms with E-state index >= 15 is 0 Å². The second-order valence-electron chi connectivity index (χ2n) is 5.21. The van der Waals surface area contributed by atoms with Crippen molar-refractivity contribution >= 4 is 6.98 Å². The van der Waals surface area contributed by atoms with Crippen LogP contribution in [-0.2, 0) is 0 Å². The first-order chi connectivity index (χ1) is 7.46. The number of fused-ring (bicyclic) bond motifs is 1. The van der Waals surface area contributed by atoms with Gasteiger partial charge in [0, 0.05) is 6.04 Å². The van der Waals surface area contributed by atoms with Crippen LogP contribution >= 0.6 is 0 Å². The van der Waals surface area contributed by atoms with Crippen LogP contribution < -0.4 is 0 Å². The Hall–Kier alpha value is -0.225. The molecule has 6 heteroatoms. The lowest BCUT2D eigenvalue weighted by molar-refractivity contribution is 0.0424. The fraction of sp³-hybridized carbons (Fsp3) is 1.00. The first-order valence-corrected chi connectivity index (χ1v) is 6.09. The molecule has 0 radical (unpaired) electrons. The summed E-state index contributed by atoms with van der Waals surface area (Å²) in [5, 5.41) is 0. The van der Waals surface area contributed by atoms with E-state index in [1.807, 2.05) is 0 Å². The van der Waals surface area contributed by atoms with Gasteiger partial charge in [0.15, 0.2) is 0 Å². The van der Waals surface area contributed by atoms with E-state index in [9.17, 15) is 12.9 Å². The van der Waals surface area contributed by atoms with Crippen molar-refractivity contribution < 1.29 is 12.9 Å². The molecule has 0 aromatic rings. The highest BCUT2D eigenvalue weighted by Gasteiger charge is 2.36. The number of likely N-dealkylation sites (tertiary alicyclic amines) is 2. The summed E-state index contributed by atoms with van der Waals surface area (Å²) >= 11 is 0. The lowest BCUT2D eigenvalue weighted by Gasteiger charge is -2.47. The van der Waals surface area contributed by atoms with E-state index in [2.05, 4.69) is 11.9 Å². The summed E-state index contributed by atoms with van der Waals surface area (Å²) in [6.45, 7) is -2.32. The predicted octanol–water partition coefficient (Wildman–Crippen LogP) is 1.79. The van der Waals surface area contributed by atoms with E-state index in [1.165, 1.54) is 0 Å². The molecule has 0 aromatic carbocycles. The molecule has 2 atom stereocenters. The van der Waals surface area contributed by atoms with Crippen LogP contribution in [0, 0.1) is 5.92 Å². The van der Waals surface area contributed by atoms with Crippen LogP contribution in [0.3, 0.4) is 0 Å². The molecule has 2 fully saturated rings. The third-order valence-corrected chi connectivity index (χ3v) is 3.90. The highest BCUT2D eigenvalue weighted by Crippen LogP contribution is 2.30. The Balaban J connectivity index is 1.90. The van der Waals surface area contributed by atoms with E-state index in [0.717, 1.165) is 25.8 Å². The Morgan fingerprint density at radius 2 is 1.94 bits per heavy atom. The molecule has 2 saturated heterocycles. The minimum absolute atomic E-state index is 0.450. The molecule has 0 bridgehead atoms. The Bertz CT molecular complexity index is 247. The van der Waals surface area contributed by atoms with Gasteiger partial charge in [-0.15, -0.1) is 0 Å². The quantitative estimate of drug-likeness (QED) is 0.673. The molecule has 94 valence electrons. The normalized spacial score (nSPS) is 33.8. The Labute approximate surface area is 94.8 Å². The van der Waals surface area contributed by atoms with Gasteiger partial charge in [-0.1, -0.05) is 0 Å². The predicted molar refractivity (Wildman–Crippen MR) is 59.3 cm³/mol. The second-order valence-corrected chi connectivity index (χ2v) is 5.21. The SMILES string of the molecule is CN1CCCC2CN(C[B-](F)(F)F)CCC21. The molecule has 2 unspecified atom stereocenters. The summed E-state index contributed by atoms with van der Waals surface area (Å²) in [5.41, 5.74) is 0. The molecule has 0 aliphatic carbocycles. The summed E-state index contributed by atoms with van der Waals surface area (Å²) < 4.78 is 37.1. The van der Waals surface area contributed by atoms with Gasteiger partial charge < -0.3 is 22.7 Å². The van der Waals surface area contributed by atoms with Gasteiger partial charge in [0.1, 0.15) is 0 Å². The van der Waals surface area contributed by atoms with Crippen molar-refractivity contribution in [3.63, 3.8) is 0 Å². The van der Waals surface area contributed by atoms with E-state index in [0.29, 0.717) is 25.0 Å². The number of piperidine rings is 2. The molecule has 2 rings (SSSR count). The van der Waals surface area contributed by atoms with E-state index < -0.39 is 13.4 Å². The van der Waals surface area contributed by atoms with Gasteiger partial charge >= 0.3 is 6.98 Å². The van der Waals surface area contributed by atoms with Gasteiger partial charge in [-0.05, 0) is 58.3 Å². The van der Waals surface area contributed by atoms with Gasteiger partial charge in [0.2, 0.25) is 0 Å². The fourth-order valence-corrected chi connectivity index (χ4v) is 3.19. The number of hydrogen-bond donors (Lipinski definition) is 0. The highest BCUT2D eigenvalue weighted by molar-refractivity contribution is 6.58. The molecular weight excluding hydrogens is 216 g/mol. The fourth-order valence-electron chi connectivity index (χ4n) is 3.19. The van der Waals surface area contributed by atoms with Crippen LogP contribution in [0.1, 0.15) is 19.3 Å². The molecule has 2 heterocycles. The Morgan fingerprint density at radius 1 is 1.19 bits per heavy atom. The van der Waals surface area contributed by atoms with Gasteiger partial charge in [-0.25, -0.2) is 0 Å². The summed E-state index contributed by atoms with van der Waals surface area (Å²) in [6, 6.07) is 0.519. The molecule has 0 N–H and O–H groups in total. The molecule has 0 amide bonds. The van der Waals surface area contributed by atoms with E-state index in [4.69, 9.17) is 0 Å². The van der Waals surface area contributed by atoms with Crippen LogP contribution in [0.2, 0.25) is 0 Å². The van der Waals surface area contributed by atoms with Crippen LogP contribution in [0.25, 0.3) is 0 Å². The van der Waals surface area contributed by atoms with Crippen LogP contribution in [0.4, 0.5) is 12.9 Å². The average molecular weight is 235 g/mol. The van der Waals surface area contributed by atoms with Crippen molar-refractivity contribution in [1.82, 2.24) is 9.80 Å². The van der Waals surface area contributed by atoms with Crippen LogP contribution in [-0.4, -0.2) is 55.9 Å². The van der Waals surface area contributed by atoms with Crippen molar-refractivity contribution in [2.45, 2.75) is 25.3 Å². The number of rotatable bonds is 2. The zero-order valence-corrected chi connectivity index (χ0v) is 9.71. The molecule has 0 aromatic heterocycles. The summed E-state index contributed by atoms with van der Waals surface area (Å²) in [7, 11) is 2.10. The zero-order chi connectivity index (χ0) is 11.8. The van der Waals surface area contributed by atoms with Crippen LogP contribution in [0.15, 0.2) is 0 Å². The topological polar surface area (TPSA) is 6.48 Å². The maximum Gasteiger partial charge on any atom is 0.492 e. The third kappa shape index (κ3) is 2.91. The number of halogens is 3. The lowest BCUT2D eigenvalue weighted by Crippen LogP contribution is -2.54. The molecule has 2 aliphatic heterocycles. The largest absolute Gasteiger partial charge is 0.492 e. The first-order valence-electron chi connectivity index (χ1n) is 6.09. The smallest absolute Gasteiger partial charge is 0.448 e. The summed E-state index contributed by atoms with van der Waals surface area (Å²) in [5.74, 6) is 0.450. The maximum atomic E-state index is 12.4. The summed E-state index contributed by atoms with van der Waals surface area (Å²) in [6.07, 6.45) is 2.44. The van der Waals surface area contributed by atoms with E-state index in [-0.39, 0.29) is 0 Å². The average Bonchev–Trinajstić information content (AvgIpc) is 2.15. The molecule has 0 spiro atoms. The van der Waals surface area contributed by atoms with Gasteiger partial charge in [0.05, 0.1) is 0 Å². The number of hydrogen-bond acceptors (Lipinski definition) is 2. The molecule has 0 saturated carbocycles. The van der Waals surface area contributed by atoms with E-state index in [1.54, 1.807) is 4.90 Å².